The van der Waals surface area contributed by atoms with Gasteiger partial charge in [0.05, 0.1) is 17.8 Å². The Kier molecular flexibility index (Phi) is 6.17. The van der Waals surface area contributed by atoms with Crippen LogP contribution < -0.4 is 10.6 Å². The first-order chi connectivity index (χ1) is 11.1. The zero-order valence-electron chi connectivity index (χ0n) is 13.6. The first-order valence-electron chi connectivity index (χ1n) is 7.92. The molecule has 1 aromatic carbocycles. The number of hydrogen-bond acceptors (Lipinski definition) is 3. The van der Waals surface area contributed by atoms with Crippen molar-refractivity contribution in [3.05, 3.63) is 48.3 Å². The number of carbonyl (C=O) groups is 1. The molecule has 6 nitrogen and oxygen atoms in total. The first-order valence-corrected chi connectivity index (χ1v) is 7.92. The van der Waals surface area contributed by atoms with Crippen molar-refractivity contribution in [2.75, 3.05) is 6.54 Å². The number of carbonyl (C=O) groups excluding carboxylic acids is 1. The minimum atomic E-state index is -0.363. The lowest BCUT2D eigenvalue weighted by Crippen LogP contribution is -2.38. The predicted octanol–water partition coefficient (Wildman–Crippen LogP) is 2.39. The van der Waals surface area contributed by atoms with Gasteiger partial charge in [0.15, 0.2) is 0 Å². The number of aliphatic hydroxyl groups is 1. The molecule has 0 aliphatic heterocycles. The quantitative estimate of drug-likeness (QED) is 0.734. The van der Waals surface area contributed by atoms with Gasteiger partial charge in [-0.25, -0.2) is 9.48 Å². The molecule has 2 unspecified atom stereocenters. The van der Waals surface area contributed by atoms with E-state index in [9.17, 15) is 9.90 Å². The SMILES string of the molecule is CCC(O)CCNC(=O)NC(C)c1cccc(-n2cccn2)c1. The number of urea groups is 1. The zero-order valence-corrected chi connectivity index (χ0v) is 13.6. The van der Waals surface area contributed by atoms with E-state index in [1.165, 1.54) is 0 Å². The predicted molar refractivity (Wildman–Crippen MR) is 89.4 cm³/mol. The Labute approximate surface area is 136 Å². The van der Waals surface area contributed by atoms with Gasteiger partial charge in [-0.2, -0.15) is 5.10 Å². The fourth-order valence-corrected chi connectivity index (χ4v) is 2.25. The molecule has 0 bridgehead atoms. The molecule has 23 heavy (non-hydrogen) atoms. The van der Waals surface area contributed by atoms with Crippen molar-refractivity contribution >= 4 is 6.03 Å². The van der Waals surface area contributed by atoms with Gasteiger partial charge in [-0.15, -0.1) is 0 Å². The highest BCUT2D eigenvalue weighted by atomic mass is 16.3. The van der Waals surface area contributed by atoms with Crippen LogP contribution in [0.25, 0.3) is 5.69 Å². The molecule has 0 fully saturated rings. The van der Waals surface area contributed by atoms with Crippen LogP contribution in [0.5, 0.6) is 0 Å². The summed E-state index contributed by atoms with van der Waals surface area (Å²) in [6.07, 6.45) is 4.50. The van der Waals surface area contributed by atoms with Crippen LogP contribution >= 0.6 is 0 Å². The molecule has 0 radical (unpaired) electrons. The maximum atomic E-state index is 11.9. The zero-order chi connectivity index (χ0) is 16.7. The summed E-state index contributed by atoms with van der Waals surface area (Å²) in [5, 5.41) is 19.3. The number of aliphatic hydroxyl groups excluding tert-OH is 1. The Hall–Kier alpha value is -2.34. The van der Waals surface area contributed by atoms with Crippen LogP contribution in [0.15, 0.2) is 42.7 Å². The lowest BCUT2D eigenvalue weighted by molar-refractivity contribution is 0.160. The van der Waals surface area contributed by atoms with Crippen LogP contribution in [0.4, 0.5) is 4.79 Å². The summed E-state index contributed by atoms with van der Waals surface area (Å²) in [5.41, 5.74) is 1.95. The lowest BCUT2D eigenvalue weighted by Gasteiger charge is -2.16. The number of benzene rings is 1. The van der Waals surface area contributed by atoms with Crippen molar-refractivity contribution in [3.63, 3.8) is 0 Å². The number of nitrogens with zero attached hydrogens (tertiary/aromatic N) is 2. The van der Waals surface area contributed by atoms with Gasteiger partial charge in [-0.3, -0.25) is 0 Å². The van der Waals surface area contributed by atoms with Crippen LogP contribution in [0.3, 0.4) is 0 Å². The standard InChI is InChI=1S/C17H24N4O2/c1-3-16(22)8-10-18-17(23)20-13(2)14-6-4-7-15(12-14)21-11-5-9-19-21/h4-7,9,11-13,16,22H,3,8,10H2,1-2H3,(H2,18,20,23). The second-order valence-corrected chi connectivity index (χ2v) is 5.52. The van der Waals surface area contributed by atoms with Crippen LogP contribution in [0.2, 0.25) is 0 Å². The maximum absolute atomic E-state index is 11.9. The second-order valence-electron chi connectivity index (χ2n) is 5.52. The maximum Gasteiger partial charge on any atom is 0.315 e. The second kappa shape index (κ2) is 8.33. The van der Waals surface area contributed by atoms with Gasteiger partial charge >= 0.3 is 6.03 Å². The Balaban J connectivity index is 1.89. The monoisotopic (exact) mass is 316 g/mol. The Morgan fingerprint density at radius 3 is 2.91 bits per heavy atom. The van der Waals surface area contributed by atoms with Crippen LogP contribution in [0.1, 0.15) is 38.3 Å². The number of rotatable bonds is 7. The van der Waals surface area contributed by atoms with Gasteiger partial charge < -0.3 is 15.7 Å². The largest absolute Gasteiger partial charge is 0.393 e. The van der Waals surface area contributed by atoms with Gasteiger partial charge in [0, 0.05) is 18.9 Å². The normalized spacial score (nSPS) is 13.3. The number of aromatic nitrogens is 2. The molecule has 0 saturated carbocycles. The summed E-state index contributed by atoms with van der Waals surface area (Å²) in [6.45, 7) is 4.31. The molecule has 2 aromatic rings. The van der Waals surface area contributed by atoms with Crippen molar-refractivity contribution in [1.82, 2.24) is 20.4 Å². The summed E-state index contributed by atoms with van der Waals surface area (Å²) in [4.78, 5) is 11.9. The average Bonchev–Trinajstić information content (AvgIpc) is 3.09. The summed E-state index contributed by atoms with van der Waals surface area (Å²) in [7, 11) is 0. The molecule has 1 aromatic heterocycles. The smallest absolute Gasteiger partial charge is 0.315 e. The fourth-order valence-electron chi connectivity index (χ4n) is 2.25. The van der Waals surface area contributed by atoms with E-state index in [2.05, 4.69) is 15.7 Å². The van der Waals surface area contributed by atoms with E-state index < -0.39 is 0 Å². The Morgan fingerprint density at radius 2 is 2.22 bits per heavy atom. The van der Waals surface area contributed by atoms with Gasteiger partial charge in [-0.05, 0) is 43.5 Å². The van der Waals surface area contributed by atoms with Crippen molar-refractivity contribution in [2.24, 2.45) is 0 Å². The molecular formula is C17H24N4O2. The molecule has 6 heteroatoms. The third kappa shape index (κ3) is 5.10. The topological polar surface area (TPSA) is 79.2 Å². The van der Waals surface area contributed by atoms with E-state index in [4.69, 9.17) is 0 Å². The molecule has 0 aliphatic carbocycles. The van der Waals surface area contributed by atoms with E-state index >= 15 is 0 Å². The Bertz CT molecular complexity index is 613. The van der Waals surface area contributed by atoms with Crippen molar-refractivity contribution < 1.29 is 9.90 Å². The third-order valence-corrected chi connectivity index (χ3v) is 3.72. The number of nitrogens with one attached hydrogen (secondary N) is 2. The minimum Gasteiger partial charge on any atom is -0.393 e. The van der Waals surface area contributed by atoms with Crippen LogP contribution in [-0.2, 0) is 0 Å². The average molecular weight is 316 g/mol. The number of hydrogen-bond donors (Lipinski definition) is 3. The third-order valence-electron chi connectivity index (χ3n) is 3.72. The molecule has 2 rings (SSSR count). The van der Waals surface area contributed by atoms with Crippen molar-refractivity contribution in [2.45, 2.75) is 38.8 Å². The van der Waals surface area contributed by atoms with Gasteiger partial charge in [0.1, 0.15) is 0 Å². The molecule has 0 spiro atoms. The van der Waals surface area contributed by atoms with Crippen molar-refractivity contribution in [1.29, 1.82) is 0 Å². The summed E-state index contributed by atoms with van der Waals surface area (Å²) < 4.78 is 1.78. The number of amides is 2. The van der Waals surface area contributed by atoms with Gasteiger partial charge in [-0.1, -0.05) is 19.1 Å². The molecule has 2 atom stereocenters. The molecule has 0 saturated heterocycles. The van der Waals surface area contributed by atoms with Crippen molar-refractivity contribution in [3.8, 4) is 5.69 Å². The first kappa shape index (κ1) is 17.0. The van der Waals surface area contributed by atoms with E-state index in [1.807, 2.05) is 50.4 Å². The highest BCUT2D eigenvalue weighted by Gasteiger charge is 2.10. The summed E-state index contributed by atoms with van der Waals surface area (Å²) in [6, 6.07) is 9.39. The Morgan fingerprint density at radius 1 is 1.39 bits per heavy atom. The van der Waals surface area contributed by atoms with E-state index in [-0.39, 0.29) is 18.2 Å². The van der Waals surface area contributed by atoms with Crippen LogP contribution in [0, 0.1) is 0 Å². The highest BCUT2D eigenvalue weighted by Crippen LogP contribution is 2.16. The molecule has 3 N–H and O–H groups in total. The lowest BCUT2D eigenvalue weighted by atomic mass is 10.1. The summed E-state index contributed by atoms with van der Waals surface area (Å²) >= 11 is 0. The van der Waals surface area contributed by atoms with E-state index in [0.717, 1.165) is 11.3 Å². The van der Waals surface area contributed by atoms with E-state index in [0.29, 0.717) is 19.4 Å². The highest BCUT2D eigenvalue weighted by molar-refractivity contribution is 5.74. The summed E-state index contributed by atoms with van der Waals surface area (Å²) in [5.74, 6) is 0. The van der Waals surface area contributed by atoms with Gasteiger partial charge in [0.2, 0.25) is 0 Å². The minimum absolute atomic E-state index is 0.124. The molecule has 1 heterocycles. The van der Waals surface area contributed by atoms with E-state index in [1.54, 1.807) is 10.9 Å². The fraction of sp³-hybridized carbons (Fsp3) is 0.412. The van der Waals surface area contributed by atoms with Gasteiger partial charge in [0.25, 0.3) is 0 Å². The van der Waals surface area contributed by atoms with Crippen LogP contribution in [-0.4, -0.2) is 33.6 Å². The molecule has 0 aliphatic rings. The molecule has 124 valence electrons. The molecular weight excluding hydrogens is 292 g/mol. The molecule has 2 amide bonds.